The molecule has 9 nitrogen and oxygen atoms in total. The number of aromatic amines is 1. The molecule has 0 radical (unpaired) electrons. The SMILES string of the molecule is CCc1ccc(C(=O)NNC(=O)c2n[nH]c3ccc([N+](=O)[O-])cc23)cc1. The van der Waals surface area contributed by atoms with Crippen LogP contribution in [0.4, 0.5) is 5.69 Å². The number of hydrogen-bond donors (Lipinski definition) is 3. The van der Waals surface area contributed by atoms with Crippen LogP contribution in [0.15, 0.2) is 42.5 Å². The van der Waals surface area contributed by atoms with E-state index < -0.39 is 16.7 Å². The molecule has 0 aliphatic carbocycles. The number of fused-ring (bicyclic) bond motifs is 1. The summed E-state index contributed by atoms with van der Waals surface area (Å²) in [5.74, 6) is -1.16. The van der Waals surface area contributed by atoms with Crippen molar-refractivity contribution in [3.05, 3.63) is 69.4 Å². The summed E-state index contributed by atoms with van der Waals surface area (Å²) in [5.41, 5.74) is 6.31. The Labute approximate surface area is 147 Å². The van der Waals surface area contributed by atoms with Gasteiger partial charge in [0.05, 0.1) is 10.4 Å². The van der Waals surface area contributed by atoms with Crippen LogP contribution in [0, 0.1) is 10.1 Å². The Balaban J connectivity index is 1.73. The van der Waals surface area contributed by atoms with Crippen molar-refractivity contribution in [2.75, 3.05) is 0 Å². The molecule has 9 heteroatoms. The number of carbonyl (C=O) groups excluding carboxylic acids is 2. The molecule has 3 aromatic rings. The van der Waals surface area contributed by atoms with Gasteiger partial charge in [-0.1, -0.05) is 19.1 Å². The van der Waals surface area contributed by atoms with Crippen molar-refractivity contribution in [3.8, 4) is 0 Å². The van der Waals surface area contributed by atoms with Crippen LogP contribution in [-0.2, 0) is 6.42 Å². The fraction of sp³-hybridized carbons (Fsp3) is 0.118. The number of nitro groups is 1. The maximum Gasteiger partial charge on any atom is 0.290 e. The average molecular weight is 353 g/mol. The quantitative estimate of drug-likeness (QED) is 0.488. The topological polar surface area (TPSA) is 130 Å². The number of amides is 2. The van der Waals surface area contributed by atoms with Crippen LogP contribution >= 0.6 is 0 Å². The molecule has 3 rings (SSSR count). The van der Waals surface area contributed by atoms with Crippen molar-refractivity contribution < 1.29 is 14.5 Å². The first-order chi connectivity index (χ1) is 12.5. The molecule has 1 aromatic heterocycles. The molecule has 3 N–H and O–H groups in total. The summed E-state index contributed by atoms with van der Waals surface area (Å²) in [7, 11) is 0. The smallest absolute Gasteiger partial charge is 0.277 e. The van der Waals surface area contributed by atoms with Crippen molar-refractivity contribution in [2.24, 2.45) is 0 Å². The van der Waals surface area contributed by atoms with Crippen LogP contribution in [0.2, 0.25) is 0 Å². The van der Waals surface area contributed by atoms with Gasteiger partial charge in [0.1, 0.15) is 0 Å². The highest BCUT2D eigenvalue weighted by Crippen LogP contribution is 2.21. The maximum atomic E-state index is 12.3. The predicted octanol–water partition coefficient (Wildman–Crippen LogP) is 2.11. The van der Waals surface area contributed by atoms with Gasteiger partial charge in [-0.25, -0.2) is 0 Å². The number of carbonyl (C=O) groups is 2. The third-order valence-corrected chi connectivity index (χ3v) is 3.89. The van der Waals surface area contributed by atoms with Crippen molar-refractivity contribution in [3.63, 3.8) is 0 Å². The Morgan fingerprint density at radius 1 is 1.12 bits per heavy atom. The second kappa shape index (κ2) is 7.01. The molecule has 1 heterocycles. The van der Waals surface area contributed by atoms with Gasteiger partial charge in [0.15, 0.2) is 5.69 Å². The minimum atomic E-state index is -0.685. The number of non-ortho nitro benzene ring substituents is 1. The second-order valence-corrected chi connectivity index (χ2v) is 5.52. The molecular formula is C17H15N5O4. The standard InChI is InChI=1S/C17H15N5O4/c1-2-10-3-5-11(6-4-10)16(23)20-21-17(24)15-13-9-12(22(25)26)7-8-14(13)18-19-15/h3-9H,2H2,1H3,(H,18,19)(H,20,23)(H,21,24). The fourth-order valence-corrected chi connectivity index (χ4v) is 2.43. The van der Waals surface area contributed by atoms with Crippen LogP contribution < -0.4 is 10.9 Å². The zero-order valence-corrected chi connectivity index (χ0v) is 13.8. The van der Waals surface area contributed by atoms with Gasteiger partial charge >= 0.3 is 0 Å². The largest absolute Gasteiger partial charge is 0.290 e. The van der Waals surface area contributed by atoms with Crippen LogP contribution in [-0.4, -0.2) is 26.9 Å². The lowest BCUT2D eigenvalue weighted by Crippen LogP contribution is -2.41. The Kier molecular flexibility index (Phi) is 4.61. The minimum absolute atomic E-state index is 0.0506. The molecule has 0 atom stereocenters. The van der Waals surface area contributed by atoms with E-state index >= 15 is 0 Å². The second-order valence-electron chi connectivity index (χ2n) is 5.52. The highest BCUT2D eigenvalue weighted by Gasteiger charge is 2.18. The van der Waals surface area contributed by atoms with Gasteiger partial charge in [-0.2, -0.15) is 5.10 Å². The third kappa shape index (κ3) is 3.36. The molecule has 2 aromatic carbocycles. The molecule has 0 bridgehead atoms. The van der Waals surface area contributed by atoms with E-state index in [1.54, 1.807) is 12.1 Å². The molecule has 26 heavy (non-hydrogen) atoms. The minimum Gasteiger partial charge on any atom is -0.277 e. The number of aromatic nitrogens is 2. The molecule has 132 valence electrons. The van der Waals surface area contributed by atoms with E-state index in [4.69, 9.17) is 0 Å². The summed E-state index contributed by atoms with van der Waals surface area (Å²) in [4.78, 5) is 34.7. The van der Waals surface area contributed by atoms with Crippen molar-refractivity contribution in [1.82, 2.24) is 21.0 Å². The molecule has 0 saturated carbocycles. The summed E-state index contributed by atoms with van der Waals surface area (Å²) in [5, 5.41) is 17.7. The molecular weight excluding hydrogens is 338 g/mol. The number of H-pyrrole nitrogens is 1. The number of hydrogen-bond acceptors (Lipinski definition) is 5. The number of aryl methyl sites for hydroxylation is 1. The zero-order chi connectivity index (χ0) is 18.7. The lowest BCUT2D eigenvalue weighted by Gasteiger charge is -2.07. The first-order valence-corrected chi connectivity index (χ1v) is 7.81. The van der Waals surface area contributed by atoms with E-state index in [0.29, 0.717) is 16.5 Å². The van der Waals surface area contributed by atoms with E-state index in [9.17, 15) is 19.7 Å². The van der Waals surface area contributed by atoms with Gasteiger partial charge < -0.3 is 0 Å². The van der Waals surface area contributed by atoms with Crippen LogP contribution in [0.1, 0.15) is 33.3 Å². The van der Waals surface area contributed by atoms with Crippen molar-refractivity contribution in [1.29, 1.82) is 0 Å². The third-order valence-electron chi connectivity index (χ3n) is 3.89. The van der Waals surface area contributed by atoms with Gasteiger partial charge in [-0.3, -0.25) is 35.7 Å². The van der Waals surface area contributed by atoms with Gasteiger partial charge in [-0.05, 0) is 30.2 Å². The molecule has 0 aliphatic rings. The lowest BCUT2D eigenvalue weighted by molar-refractivity contribution is -0.384. The summed E-state index contributed by atoms with van der Waals surface area (Å²) in [6, 6.07) is 11.0. The van der Waals surface area contributed by atoms with Crippen molar-refractivity contribution >= 4 is 28.4 Å². The van der Waals surface area contributed by atoms with Crippen LogP contribution in [0.25, 0.3) is 10.9 Å². The Hall–Kier alpha value is -3.75. The normalized spacial score (nSPS) is 10.5. The van der Waals surface area contributed by atoms with Gasteiger partial charge in [0.25, 0.3) is 17.5 Å². The first kappa shape index (κ1) is 17.1. The van der Waals surface area contributed by atoms with E-state index in [0.717, 1.165) is 12.0 Å². The number of nitrogens with zero attached hydrogens (tertiary/aromatic N) is 2. The fourth-order valence-electron chi connectivity index (χ4n) is 2.43. The monoisotopic (exact) mass is 353 g/mol. The highest BCUT2D eigenvalue weighted by molar-refractivity contribution is 6.06. The first-order valence-electron chi connectivity index (χ1n) is 7.81. The Bertz CT molecular complexity index is 994. The summed E-state index contributed by atoms with van der Waals surface area (Å²) in [6.45, 7) is 2.01. The zero-order valence-electron chi connectivity index (χ0n) is 13.8. The number of rotatable bonds is 4. The molecule has 2 amide bonds. The Morgan fingerprint density at radius 3 is 2.46 bits per heavy atom. The summed E-state index contributed by atoms with van der Waals surface area (Å²) in [6.07, 6.45) is 0.858. The molecule has 0 saturated heterocycles. The predicted molar refractivity (Wildman–Crippen MR) is 93.5 cm³/mol. The van der Waals surface area contributed by atoms with Gasteiger partial charge in [0, 0.05) is 23.1 Å². The lowest BCUT2D eigenvalue weighted by atomic mass is 10.1. The molecule has 0 fully saturated rings. The van der Waals surface area contributed by atoms with E-state index in [2.05, 4.69) is 21.0 Å². The molecule has 0 unspecified atom stereocenters. The van der Waals surface area contributed by atoms with Crippen LogP contribution in [0.5, 0.6) is 0 Å². The van der Waals surface area contributed by atoms with Crippen molar-refractivity contribution in [2.45, 2.75) is 13.3 Å². The van der Waals surface area contributed by atoms with E-state index in [1.807, 2.05) is 19.1 Å². The summed E-state index contributed by atoms with van der Waals surface area (Å²) < 4.78 is 0. The van der Waals surface area contributed by atoms with Gasteiger partial charge in [-0.15, -0.1) is 0 Å². The number of hydrazine groups is 1. The number of benzene rings is 2. The number of nitrogens with one attached hydrogen (secondary N) is 3. The van der Waals surface area contributed by atoms with E-state index in [1.165, 1.54) is 18.2 Å². The van der Waals surface area contributed by atoms with E-state index in [-0.39, 0.29) is 11.4 Å². The van der Waals surface area contributed by atoms with Gasteiger partial charge in [0.2, 0.25) is 0 Å². The molecule has 0 spiro atoms. The Morgan fingerprint density at radius 2 is 1.81 bits per heavy atom. The average Bonchev–Trinajstić information content (AvgIpc) is 3.09. The number of nitro benzene ring substituents is 1. The van der Waals surface area contributed by atoms with Crippen LogP contribution in [0.3, 0.4) is 0 Å². The maximum absolute atomic E-state index is 12.3. The highest BCUT2D eigenvalue weighted by atomic mass is 16.6. The molecule has 0 aliphatic heterocycles. The summed E-state index contributed by atoms with van der Waals surface area (Å²) >= 11 is 0.